The fourth-order valence-electron chi connectivity index (χ4n) is 7.95. The van der Waals surface area contributed by atoms with E-state index >= 15 is 0 Å². The first-order valence-corrected chi connectivity index (χ1v) is 21.1. The number of likely N-dealkylation sites (N-methyl/N-ethyl adjacent to an activating group) is 1. The highest BCUT2D eigenvalue weighted by molar-refractivity contribution is 6.21. The largest absolute Gasteiger partial charge is 0.491 e. The summed E-state index contributed by atoms with van der Waals surface area (Å²) in [7, 11) is 1.47. The summed E-state index contributed by atoms with van der Waals surface area (Å²) < 4.78 is 17.2. The molecule has 3 aliphatic rings. The Morgan fingerprint density at radius 1 is 0.852 bits per heavy atom. The molecule has 0 aromatic heterocycles. The average Bonchev–Trinajstić information content (AvgIpc) is 3.46. The van der Waals surface area contributed by atoms with Crippen molar-refractivity contribution in [2.24, 2.45) is 5.41 Å². The SMILES string of the molecule is C[C@@H](C(=O)N[C@H](C(=O)N1Cc2cc(OCCOCCN3C(=O)c4ccccc4C3=O)ccc2C[C@H]1C(=O)N[C@@H]1CCCc2ccccc21)C(C)(C)C)N(C)C(=O)OC(C)(C)C. The van der Waals surface area contributed by atoms with Crippen LogP contribution in [-0.4, -0.2) is 107 Å². The van der Waals surface area contributed by atoms with E-state index in [-0.39, 0.29) is 63.1 Å². The number of hydrogen-bond acceptors (Lipinski definition) is 9. The van der Waals surface area contributed by atoms with E-state index in [0.717, 1.165) is 36.0 Å². The maximum absolute atomic E-state index is 14.9. The van der Waals surface area contributed by atoms with Gasteiger partial charge in [-0.05, 0) is 98.9 Å². The number of amides is 6. The van der Waals surface area contributed by atoms with Crippen molar-refractivity contribution in [1.29, 1.82) is 0 Å². The molecular formula is C47H59N5O9. The fraction of sp³-hybridized carbons (Fsp3) is 0.489. The van der Waals surface area contributed by atoms with Gasteiger partial charge in [0.05, 0.1) is 36.9 Å². The molecule has 2 heterocycles. The Balaban J connectivity index is 1.16. The molecule has 2 N–H and O–H groups in total. The normalized spacial score (nSPS) is 18.3. The van der Waals surface area contributed by atoms with Gasteiger partial charge in [-0.15, -0.1) is 0 Å². The quantitative estimate of drug-likeness (QED) is 0.165. The molecule has 0 bridgehead atoms. The number of fused-ring (bicyclic) bond motifs is 3. The minimum atomic E-state index is -1.06. The summed E-state index contributed by atoms with van der Waals surface area (Å²) >= 11 is 0. The molecule has 6 rings (SSSR count). The molecule has 1 aliphatic carbocycles. The van der Waals surface area contributed by atoms with Crippen LogP contribution in [0.2, 0.25) is 0 Å². The van der Waals surface area contributed by atoms with Gasteiger partial charge in [0, 0.05) is 20.0 Å². The van der Waals surface area contributed by atoms with Gasteiger partial charge < -0.3 is 29.7 Å². The number of benzene rings is 3. The molecule has 326 valence electrons. The highest BCUT2D eigenvalue weighted by Crippen LogP contribution is 2.33. The maximum Gasteiger partial charge on any atom is 0.410 e. The lowest BCUT2D eigenvalue weighted by molar-refractivity contribution is -0.147. The van der Waals surface area contributed by atoms with Crippen molar-refractivity contribution < 1.29 is 43.0 Å². The minimum Gasteiger partial charge on any atom is -0.491 e. The van der Waals surface area contributed by atoms with Crippen LogP contribution in [0.15, 0.2) is 66.7 Å². The van der Waals surface area contributed by atoms with Gasteiger partial charge in [-0.3, -0.25) is 33.8 Å². The lowest BCUT2D eigenvalue weighted by Gasteiger charge is -2.42. The third-order valence-electron chi connectivity index (χ3n) is 11.5. The third-order valence-corrected chi connectivity index (χ3v) is 11.5. The van der Waals surface area contributed by atoms with Crippen LogP contribution in [0.3, 0.4) is 0 Å². The Kier molecular flexibility index (Phi) is 13.6. The number of nitrogens with zero attached hydrogens (tertiary/aromatic N) is 3. The van der Waals surface area contributed by atoms with Crippen LogP contribution in [0.5, 0.6) is 5.75 Å². The van der Waals surface area contributed by atoms with Crippen LogP contribution >= 0.6 is 0 Å². The van der Waals surface area contributed by atoms with Crippen LogP contribution in [0, 0.1) is 5.41 Å². The van der Waals surface area contributed by atoms with Crippen molar-refractivity contribution in [2.45, 2.75) is 110 Å². The highest BCUT2D eigenvalue weighted by Gasteiger charge is 2.44. The van der Waals surface area contributed by atoms with Gasteiger partial charge in [0.25, 0.3) is 11.8 Å². The molecular weight excluding hydrogens is 779 g/mol. The van der Waals surface area contributed by atoms with E-state index in [4.69, 9.17) is 14.2 Å². The second-order valence-electron chi connectivity index (χ2n) is 18.1. The molecule has 6 amide bonds. The molecule has 0 unspecified atom stereocenters. The van der Waals surface area contributed by atoms with E-state index in [2.05, 4.69) is 16.7 Å². The van der Waals surface area contributed by atoms with Crippen molar-refractivity contribution in [3.05, 3.63) is 100 Å². The Labute approximate surface area is 358 Å². The molecule has 4 atom stereocenters. The number of aryl methyl sites for hydroxylation is 1. The van der Waals surface area contributed by atoms with Gasteiger partial charge in [0.2, 0.25) is 17.7 Å². The van der Waals surface area contributed by atoms with Crippen molar-refractivity contribution in [3.8, 4) is 5.75 Å². The molecule has 14 heteroatoms. The Morgan fingerprint density at radius 2 is 1.52 bits per heavy atom. The summed E-state index contributed by atoms with van der Waals surface area (Å²) in [6.45, 7) is 13.1. The van der Waals surface area contributed by atoms with Crippen LogP contribution in [0.25, 0.3) is 0 Å². The van der Waals surface area contributed by atoms with Gasteiger partial charge in [-0.2, -0.15) is 0 Å². The minimum absolute atomic E-state index is 0.0807. The molecule has 3 aromatic carbocycles. The number of ether oxygens (including phenoxy) is 3. The molecule has 0 saturated heterocycles. The summed E-state index contributed by atoms with van der Waals surface area (Å²) in [5.41, 5.74) is 3.18. The zero-order valence-corrected chi connectivity index (χ0v) is 36.5. The first kappa shape index (κ1) is 44.8. The van der Waals surface area contributed by atoms with E-state index in [1.807, 2.05) is 57.2 Å². The summed E-state index contributed by atoms with van der Waals surface area (Å²) in [5.74, 6) is -1.38. The number of carbonyl (C=O) groups excluding carboxylic acids is 6. The zero-order chi connectivity index (χ0) is 44.2. The van der Waals surface area contributed by atoms with Crippen molar-refractivity contribution >= 4 is 35.6 Å². The predicted molar refractivity (Wildman–Crippen MR) is 228 cm³/mol. The topological polar surface area (TPSA) is 164 Å². The standard InChI is InChI=1S/C47H59N5O9/c1-29(50(8)45(58)61-47(5,6)7)40(53)49-39(46(2,3)4)44(57)52-28-32-26-33(60-25-24-59-23-22-51-42(55)35-17-11-12-18-36(35)43(51)56)21-20-31(32)27-38(52)41(54)48-37-19-13-15-30-14-9-10-16-34(30)37/h9-12,14,16-18,20-21,26,29,37-39H,13,15,19,22-25,27-28H2,1-8H3,(H,48,54)(H,49,53)/t29-,37+,38-,39+/m0/s1. The molecule has 3 aromatic rings. The first-order chi connectivity index (χ1) is 28.8. The molecule has 61 heavy (non-hydrogen) atoms. The van der Waals surface area contributed by atoms with E-state index < -0.39 is 47.0 Å². The number of carbonyl (C=O) groups is 6. The number of rotatable bonds is 13. The molecule has 0 radical (unpaired) electrons. The van der Waals surface area contributed by atoms with Gasteiger partial charge in [-0.1, -0.05) is 63.2 Å². The molecule has 0 spiro atoms. The first-order valence-electron chi connectivity index (χ1n) is 21.1. The van der Waals surface area contributed by atoms with Crippen molar-refractivity contribution in [1.82, 2.24) is 25.3 Å². The maximum atomic E-state index is 14.9. The highest BCUT2D eigenvalue weighted by atomic mass is 16.6. The molecule has 14 nitrogen and oxygen atoms in total. The lowest BCUT2D eigenvalue weighted by Crippen LogP contribution is -2.62. The average molecular weight is 838 g/mol. The fourth-order valence-corrected chi connectivity index (χ4v) is 7.95. The smallest absolute Gasteiger partial charge is 0.410 e. The van der Waals surface area contributed by atoms with Crippen LogP contribution < -0.4 is 15.4 Å². The Bertz CT molecular complexity index is 2120. The number of hydrogen-bond donors (Lipinski definition) is 2. The third kappa shape index (κ3) is 10.4. The van der Waals surface area contributed by atoms with Crippen molar-refractivity contribution in [3.63, 3.8) is 0 Å². The van der Waals surface area contributed by atoms with E-state index in [1.54, 1.807) is 56.9 Å². The van der Waals surface area contributed by atoms with E-state index in [0.29, 0.717) is 16.9 Å². The van der Waals surface area contributed by atoms with Gasteiger partial charge in [0.15, 0.2) is 0 Å². The number of nitrogens with one attached hydrogen (secondary N) is 2. The summed E-state index contributed by atoms with van der Waals surface area (Å²) in [5, 5.41) is 6.19. The van der Waals surface area contributed by atoms with Gasteiger partial charge in [-0.25, -0.2) is 4.79 Å². The van der Waals surface area contributed by atoms with Crippen molar-refractivity contribution in [2.75, 3.05) is 33.4 Å². The van der Waals surface area contributed by atoms with Crippen LogP contribution in [0.1, 0.15) is 110 Å². The van der Waals surface area contributed by atoms with Crippen LogP contribution in [-0.2, 0) is 43.2 Å². The van der Waals surface area contributed by atoms with E-state index in [9.17, 15) is 28.8 Å². The van der Waals surface area contributed by atoms with Gasteiger partial charge >= 0.3 is 6.09 Å². The summed E-state index contributed by atoms with van der Waals surface area (Å²) in [6, 6.07) is 17.3. The lowest BCUT2D eigenvalue weighted by atomic mass is 9.83. The number of imide groups is 1. The molecule has 0 fully saturated rings. The van der Waals surface area contributed by atoms with Gasteiger partial charge in [0.1, 0.15) is 36.1 Å². The Hall–Kier alpha value is -5.76. The zero-order valence-electron chi connectivity index (χ0n) is 36.5. The predicted octanol–water partition coefficient (Wildman–Crippen LogP) is 5.61. The summed E-state index contributed by atoms with van der Waals surface area (Å²) in [6.07, 6.45) is 2.20. The summed E-state index contributed by atoms with van der Waals surface area (Å²) in [4.78, 5) is 85.2. The monoisotopic (exact) mass is 837 g/mol. The Morgan fingerprint density at radius 3 is 2.20 bits per heavy atom. The van der Waals surface area contributed by atoms with E-state index in [1.165, 1.54) is 22.4 Å². The molecule has 2 aliphatic heterocycles. The second-order valence-corrected chi connectivity index (χ2v) is 18.1. The van der Waals surface area contributed by atoms with Crippen LogP contribution in [0.4, 0.5) is 4.79 Å². The second kappa shape index (κ2) is 18.5. The molecule has 0 saturated carbocycles.